The Morgan fingerprint density at radius 2 is 2.33 bits per heavy atom. The fraction of sp³-hybridized carbons (Fsp3) is 0.667. The number of methoxy groups -OCH3 is 1. The zero-order chi connectivity index (χ0) is 13.1. The summed E-state index contributed by atoms with van der Waals surface area (Å²) in [4.78, 5) is 10.7. The van der Waals surface area contributed by atoms with Crippen molar-refractivity contribution >= 4 is 5.96 Å². The summed E-state index contributed by atoms with van der Waals surface area (Å²) in [6.07, 6.45) is 3.77. The van der Waals surface area contributed by atoms with Gasteiger partial charge < -0.3 is 19.9 Å². The van der Waals surface area contributed by atoms with Gasteiger partial charge in [0.25, 0.3) is 0 Å². The number of nitrogens with zero attached hydrogens (tertiary/aromatic N) is 4. The van der Waals surface area contributed by atoms with Crippen molar-refractivity contribution in [1.29, 1.82) is 0 Å². The second kappa shape index (κ2) is 5.39. The molecule has 6 nitrogen and oxygen atoms in total. The summed E-state index contributed by atoms with van der Waals surface area (Å²) < 4.78 is 7.29. The minimum Gasteiger partial charge on any atom is -0.383 e. The highest BCUT2D eigenvalue weighted by atomic mass is 16.5. The van der Waals surface area contributed by atoms with E-state index >= 15 is 0 Å². The number of rotatable bonds is 5. The van der Waals surface area contributed by atoms with Crippen LogP contribution in [0.25, 0.3) is 0 Å². The highest BCUT2D eigenvalue weighted by molar-refractivity contribution is 5.80. The average Bonchev–Trinajstić information content (AvgIpc) is 2.93. The molecule has 0 radical (unpaired) electrons. The smallest absolute Gasteiger partial charge is 0.192 e. The summed E-state index contributed by atoms with van der Waals surface area (Å²) in [7, 11) is 1.69. The minimum absolute atomic E-state index is 0.171. The summed E-state index contributed by atoms with van der Waals surface area (Å²) >= 11 is 0. The van der Waals surface area contributed by atoms with E-state index in [2.05, 4.69) is 33.3 Å². The normalized spacial score (nSPS) is 19.7. The number of imidazole rings is 1. The van der Waals surface area contributed by atoms with E-state index in [1.54, 1.807) is 7.11 Å². The van der Waals surface area contributed by atoms with E-state index in [0.717, 1.165) is 12.2 Å². The molecule has 1 atom stereocenters. The van der Waals surface area contributed by atoms with Crippen molar-refractivity contribution in [2.75, 3.05) is 26.8 Å². The molecule has 1 aliphatic rings. The molecule has 2 rings (SSSR count). The number of aromatic nitrogens is 2. The second-order valence-corrected chi connectivity index (χ2v) is 4.72. The van der Waals surface area contributed by atoms with E-state index in [9.17, 15) is 0 Å². The molecule has 0 fully saturated rings. The number of guanidine groups is 1. The number of aliphatic imine (C=N–C) groups is 1. The van der Waals surface area contributed by atoms with Gasteiger partial charge in [-0.15, -0.1) is 0 Å². The molecule has 2 heterocycles. The summed E-state index contributed by atoms with van der Waals surface area (Å²) in [6.45, 7) is 6.37. The molecular formula is C12H21N5O. The highest BCUT2D eigenvalue weighted by Crippen LogP contribution is 2.26. The highest BCUT2D eigenvalue weighted by Gasteiger charge is 2.29. The van der Waals surface area contributed by atoms with Gasteiger partial charge in [0.2, 0.25) is 0 Å². The maximum atomic E-state index is 5.93. The largest absolute Gasteiger partial charge is 0.383 e. The molecular weight excluding hydrogens is 230 g/mol. The van der Waals surface area contributed by atoms with Crippen molar-refractivity contribution in [3.63, 3.8) is 0 Å². The molecule has 1 unspecified atom stereocenters. The van der Waals surface area contributed by atoms with Crippen LogP contribution in [-0.4, -0.2) is 47.2 Å². The van der Waals surface area contributed by atoms with Crippen molar-refractivity contribution < 1.29 is 4.74 Å². The van der Waals surface area contributed by atoms with Gasteiger partial charge in [-0.05, 0) is 13.8 Å². The first-order valence-electron chi connectivity index (χ1n) is 6.22. The molecule has 0 amide bonds. The van der Waals surface area contributed by atoms with Crippen molar-refractivity contribution in [2.45, 2.75) is 25.9 Å². The van der Waals surface area contributed by atoms with Crippen molar-refractivity contribution in [1.82, 2.24) is 14.5 Å². The van der Waals surface area contributed by atoms with Crippen molar-refractivity contribution in [3.8, 4) is 0 Å². The van der Waals surface area contributed by atoms with Crippen molar-refractivity contribution in [2.24, 2.45) is 10.7 Å². The maximum Gasteiger partial charge on any atom is 0.192 e. The van der Waals surface area contributed by atoms with Crippen LogP contribution in [0, 0.1) is 0 Å². The van der Waals surface area contributed by atoms with Gasteiger partial charge >= 0.3 is 0 Å². The van der Waals surface area contributed by atoms with Crippen LogP contribution in [-0.2, 0) is 4.74 Å². The third-order valence-corrected chi connectivity index (χ3v) is 3.23. The Labute approximate surface area is 107 Å². The lowest BCUT2D eigenvalue weighted by Crippen LogP contribution is -2.39. The Bertz CT molecular complexity index is 426. The molecule has 0 spiro atoms. The third-order valence-electron chi connectivity index (χ3n) is 3.23. The van der Waals surface area contributed by atoms with Gasteiger partial charge in [-0.25, -0.2) is 4.98 Å². The molecule has 1 aromatic heterocycles. The minimum atomic E-state index is 0.171. The Kier molecular flexibility index (Phi) is 3.86. The van der Waals surface area contributed by atoms with Gasteiger partial charge in [0.1, 0.15) is 0 Å². The number of ether oxygens (including phenoxy) is 1. The quantitative estimate of drug-likeness (QED) is 0.839. The molecule has 0 saturated heterocycles. The molecule has 18 heavy (non-hydrogen) atoms. The second-order valence-electron chi connectivity index (χ2n) is 4.72. The molecule has 0 saturated carbocycles. The molecule has 1 aliphatic heterocycles. The van der Waals surface area contributed by atoms with Gasteiger partial charge in [0.15, 0.2) is 5.96 Å². The summed E-state index contributed by atoms with van der Waals surface area (Å²) in [5.41, 5.74) is 7.09. The molecule has 2 N–H and O–H groups in total. The van der Waals surface area contributed by atoms with Gasteiger partial charge in [-0.2, -0.15) is 0 Å². The summed E-state index contributed by atoms with van der Waals surface area (Å²) in [6, 6.07) is 0.554. The van der Waals surface area contributed by atoms with Crippen LogP contribution in [0.1, 0.15) is 31.6 Å². The van der Waals surface area contributed by atoms with E-state index in [0.29, 0.717) is 25.2 Å². The SMILES string of the molecule is COCCN1C(N)=NCC1c1cncn1C(C)C. The third kappa shape index (κ3) is 2.33. The zero-order valence-electron chi connectivity index (χ0n) is 11.2. The topological polar surface area (TPSA) is 68.7 Å². The van der Waals surface area contributed by atoms with Gasteiger partial charge in [0.05, 0.1) is 37.4 Å². The standard InChI is InChI=1S/C12H21N5O/c1-9(2)17-8-14-6-10(17)11-7-15-12(13)16(11)4-5-18-3/h6,8-9,11H,4-5,7H2,1-3H3,(H2,13,15). The molecule has 6 heteroatoms. The van der Waals surface area contributed by atoms with E-state index in [1.165, 1.54) is 0 Å². The van der Waals surface area contributed by atoms with Gasteiger partial charge in [-0.1, -0.05) is 0 Å². The molecule has 0 aromatic carbocycles. The number of hydrogen-bond acceptors (Lipinski definition) is 5. The van der Waals surface area contributed by atoms with Crippen molar-refractivity contribution in [3.05, 3.63) is 18.2 Å². The van der Waals surface area contributed by atoms with Gasteiger partial charge in [-0.3, -0.25) is 4.99 Å². The first kappa shape index (κ1) is 12.9. The monoisotopic (exact) mass is 251 g/mol. The fourth-order valence-corrected chi connectivity index (χ4v) is 2.25. The van der Waals surface area contributed by atoms with Gasteiger partial charge in [0, 0.05) is 19.7 Å². The molecule has 1 aromatic rings. The predicted octanol–water partition coefficient (Wildman–Crippen LogP) is 0.782. The lowest BCUT2D eigenvalue weighted by molar-refractivity contribution is 0.165. The molecule has 0 aliphatic carbocycles. The molecule has 0 bridgehead atoms. The van der Waals surface area contributed by atoms with Crippen LogP contribution in [0.15, 0.2) is 17.5 Å². The first-order valence-corrected chi connectivity index (χ1v) is 6.22. The van der Waals surface area contributed by atoms with Crippen LogP contribution in [0.5, 0.6) is 0 Å². The first-order chi connectivity index (χ1) is 8.65. The molecule has 100 valence electrons. The summed E-state index contributed by atoms with van der Waals surface area (Å²) in [5.74, 6) is 0.591. The van der Waals surface area contributed by atoms with E-state index < -0.39 is 0 Å². The predicted molar refractivity (Wildman–Crippen MR) is 70.4 cm³/mol. The zero-order valence-corrected chi connectivity index (χ0v) is 11.2. The Morgan fingerprint density at radius 3 is 3.00 bits per heavy atom. The van der Waals surface area contributed by atoms with E-state index in [-0.39, 0.29) is 6.04 Å². The lowest BCUT2D eigenvalue weighted by atomic mass is 10.2. The number of nitrogens with two attached hydrogens (primary N) is 1. The number of hydrogen-bond donors (Lipinski definition) is 1. The van der Waals surface area contributed by atoms with Crippen LogP contribution in [0.3, 0.4) is 0 Å². The average molecular weight is 251 g/mol. The maximum absolute atomic E-state index is 5.93. The van der Waals surface area contributed by atoms with E-state index in [4.69, 9.17) is 10.5 Å². The van der Waals surface area contributed by atoms with E-state index in [1.807, 2.05) is 12.5 Å². The Balaban J connectivity index is 2.19. The van der Waals surface area contributed by atoms with Crippen LogP contribution in [0.4, 0.5) is 0 Å². The van der Waals surface area contributed by atoms with Crippen LogP contribution in [0.2, 0.25) is 0 Å². The lowest BCUT2D eigenvalue weighted by Gasteiger charge is -2.27. The van der Waals surface area contributed by atoms with Crippen LogP contribution < -0.4 is 5.73 Å². The Hall–Kier alpha value is -1.56. The summed E-state index contributed by atoms with van der Waals surface area (Å²) in [5, 5.41) is 0. The fourth-order valence-electron chi connectivity index (χ4n) is 2.25. The van der Waals surface area contributed by atoms with Crippen LogP contribution >= 0.6 is 0 Å². The Morgan fingerprint density at radius 1 is 1.56 bits per heavy atom.